The number of halogens is 4. The molecule has 2 aromatic carbocycles. The normalized spacial score (nSPS) is 15.8. The van der Waals surface area contributed by atoms with Gasteiger partial charge < -0.3 is 19.8 Å². The van der Waals surface area contributed by atoms with Gasteiger partial charge in [-0.15, -0.1) is 0 Å². The molecule has 2 N–H and O–H groups in total. The first kappa shape index (κ1) is 26.5. The number of hydrogen-bond acceptors (Lipinski definition) is 5. The lowest BCUT2D eigenvalue weighted by Crippen LogP contribution is -2.27. The minimum absolute atomic E-state index is 0.00398. The zero-order chi connectivity index (χ0) is 26.4. The molecule has 37 heavy (non-hydrogen) atoms. The molecule has 0 bridgehead atoms. The summed E-state index contributed by atoms with van der Waals surface area (Å²) in [5, 5.41) is 3.22. The third-order valence-corrected chi connectivity index (χ3v) is 6.03. The number of likely N-dealkylation sites (tertiary alicyclic amines) is 1. The molecule has 1 aliphatic rings. The van der Waals surface area contributed by atoms with Gasteiger partial charge in [-0.25, -0.2) is 4.98 Å². The van der Waals surface area contributed by atoms with Gasteiger partial charge in [0.25, 0.3) is 0 Å². The molecule has 1 saturated heterocycles. The SMILES string of the molecule is COC1CCN(CCOc2ccc(-c3ncc(C(F)(F)F)[nH]3)cc2NC(=O)C#Cc2ccc(Cl)cc2)C1. The number of carbonyl (C=O) groups is 1. The Labute approximate surface area is 216 Å². The maximum absolute atomic E-state index is 13.0. The van der Waals surface area contributed by atoms with Crippen LogP contribution in [0.4, 0.5) is 18.9 Å². The van der Waals surface area contributed by atoms with Crippen molar-refractivity contribution in [3.05, 3.63) is 64.9 Å². The predicted molar refractivity (Wildman–Crippen MR) is 133 cm³/mol. The number of ether oxygens (including phenoxy) is 2. The molecular weight excluding hydrogens is 509 g/mol. The molecule has 3 aromatic rings. The van der Waals surface area contributed by atoms with Crippen molar-refractivity contribution < 1.29 is 27.4 Å². The van der Waals surface area contributed by atoms with Crippen molar-refractivity contribution in [2.24, 2.45) is 0 Å². The smallest absolute Gasteiger partial charge is 0.432 e. The lowest BCUT2D eigenvalue weighted by Gasteiger charge is -2.17. The number of imidazole rings is 1. The van der Waals surface area contributed by atoms with Gasteiger partial charge in [-0.3, -0.25) is 9.69 Å². The van der Waals surface area contributed by atoms with Crippen LogP contribution < -0.4 is 10.1 Å². The molecule has 1 atom stereocenters. The summed E-state index contributed by atoms with van der Waals surface area (Å²) in [5.41, 5.74) is 0.225. The largest absolute Gasteiger partial charge is 0.490 e. The summed E-state index contributed by atoms with van der Waals surface area (Å²) >= 11 is 5.87. The fraction of sp³-hybridized carbons (Fsp3) is 0.308. The molecule has 2 heterocycles. The molecule has 11 heteroatoms. The summed E-state index contributed by atoms with van der Waals surface area (Å²) in [4.78, 5) is 20.9. The third kappa shape index (κ3) is 7.26. The van der Waals surface area contributed by atoms with Gasteiger partial charge in [0.1, 0.15) is 23.9 Å². The molecule has 0 aliphatic carbocycles. The molecule has 1 amide bonds. The second-order valence-corrected chi connectivity index (χ2v) is 8.80. The van der Waals surface area contributed by atoms with Gasteiger partial charge in [0.2, 0.25) is 0 Å². The maximum Gasteiger partial charge on any atom is 0.432 e. The van der Waals surface area contributed by atoms with E-state index < -0.39 is 17.8 Å². The molecule has 0 radical (unpaired) electrons. The van der Waals surface area contributed by atoms with Crippen molar-refractivity contribution in [1.29, 1.82) is 0 Å². The second-order valence-electron chi connectivity index (χ2n) is 8.36. The molecule has 1 fully saturated rings. The highest BCUT2D eigenvalue weighted by Crippen LogP contribution is 2.33. The van der Waals surface area contributed by atoms with Crippen LogP contribution in [0.3, 0.4) is 0 Å². The highest BCUT2D eigenvalue weighted by molar-refractivity contribution is 6.30. The number of anilines is 1. The number of benzene rings is 2. The summed E-state index contributed by atoms with van der Waals surface area (Å²) in [5.74, 6) is 4.99. The first-order valence-corrected chi connectivity index (χ1v) is 11.8. The average Bonchev–Trinajstić information content (AvgIpc) is 3.55. The standard InChI is InChI=1S/C26H24ClF3N4O3/c1-36-20-10-11-34(16-20)12-13-37-22-8-5-18(25-31-15-23(33-25)26(28,29)30)14-21(22)32-24(35)9-4-17-2-6-19(27)7-3-17/h2-3,5-8,14-15,20H,10-13,16H2,1H3,(H,31,33)(H,32,35). The molecular formula is C26H24ClF3N4O3. The van der Waals surface area contributed by atoms with Crippen LogP contribution in [0.5, 0.6) is 5.75 Å². The van der Waals surface area contributed by atoms with Crippen LogP contribution in [0, 0.1) is 11.8 Å². The molecule has 0 spiro atoms. The van der Waals surface area contributed by atoms with Crippen LogP contribution in [-0.4, -0.2) is 60.2 Å². The Kier molecular flexibility index (Phi) is 8.38. The number of hydrogen-bond donors (Lipinski definition) is 2. The Morgan fingerprint density at radius 1 is 1.27 bits per heavy atom. The quantitative estimate of drug-likeness (QED) is 0.426. The predicted octanol–water partition coefficient (Wildman–Crippen LogP) is 4.84. The van der Waals surface area contributed by atoms with Crippen molar-refractivity contribution in [2.45, 2.75) is 18.7 Å². The Hall–Kier alpha value is -3.52. The van der Waals surface area contributed by atoms with E-state index in [1.165, 1.54) is 6.07 Å². The fourth-order valence-electron chi connectivity index (χ4n) is 3.81. The Morgan fingerprint density at radius 2 is 2.05 bits per heavy atom. The van der Waals surface area contributed by atoms with Crippen LogP contribution >= 0.6 is 11.6 Å². The van der Waals surface area contributed by atoms with Crippen molar-refractivity contribution in [2.75, 3.05) is 38.7 Å². The van der Waals surface area contributed by atoms with Gasteiger partial charge in [-0.05, 0) is 48.9 Å². The number of aromatic amines is 1. The second kappa shape index (κ2) is 11.7. The topological polar surface area (TPSA) is 79.5 Å². The molecule has 1 aliphatic heterocycles. The summed E-state index contributed by atoms with van der Waals surface area (Å²) in [6.45, 7) is 2.69. The summed E-state index contributed by atoms with van der Waals surface area (Å²) in [6, 6.07) is 11.3. The highest BCUT2D eigenvalue weighted by atomic mass is 35.5. The van der Waals surface area contributed by atoms with E-state index >= 15 is 0 Å². The van der Waals surface area contributed by atoms with E-state index in [1.54, 1.807) is 43.5 Å². The third-order valence-electron chi connectivity index (χ3n) is 5.77. The number of H-pyrrole nitrogens is 1. The number of carbonyl (C=O) groups excluding carboxylic acids is 1. The number of methoxy groups -OCH3 is 1. The maximum atomic E-state index is 13.0. The van der Waals surface area contributed by atoms with Crippen LogP contribution in [0.2, 0.25) is 5.02 Å². The van der Waals surface area contributed by atoms with Crippen molar-refractivity contribution in [3.63, 3.8) is 0 Å². The molecule has 1 unspecified atom stereocenters. The first-order valence-electron chi connectivity index (χ1n) is 11.4. The highest BCUT2D eigenvalue weighted by Gasteiger charge is 2.33. The zero-order valence-electron chi connectivity index (χ0n) is 19.9. The van der Waals surface area contributed by atoms with Gasteiger partial charge in [-0.2, -0.15) is 13.2 Å². The zero-order valence-corrected chi connectivity index (χ0v) is 20.6. The van der Waals surface area contributed by atoms with E-state index in [0.29, 0.717) is 35.1 Å². The van der Waals surface area contributed by atoms with E-state index in [1.807, 2.05) is 0 Å². The fourth-order valence-corrected chi connectivity index (χ4v) is 3.93. The molecule has 0 saturated carbocycles. The average molecular weight is 533 g/mol. The number of nitrogens with zero attached hydrogens (tertiary/aromatic N) is 2. The lowest BCUT2D eigenvalue weighted by atomic mass is 10.1. The van der Waals surface area contributed by atoms with E-state index in [9.17, 15) is 18.0 Å². The number of alkyl halides is 3. The van der Waals surface area contributed by atoms with E-state index in [-0.39, 0.29) is 17.6 Å². The number of amides is 1. The number of nitrogens with one attached hydrogen (secondary N) is 2. The van der Waals surface area contributed by atoms with Gasteiger partial charge in [0.15, 0.2) is 0 Å². The number of aromatic nitrogens is 2. The van der Waals surface area contributed by atoms with Crippen LogP contribution in [-0.2, 0) is 15.7 Å². The van der Waals surface area contributed by atoms with E-state index in [4.69, 9.17) is 21.1 Å². The summed E-state index contributed by atoms with van der Waals surface area (Å²) < 4.78 is 50.3. The van der Waals surface area contributed by atoms with Crippen LogP contribution in [0.1, 0.15) is 17.7 Å². The lowest BCUT2D eigenvalue weighted by molar-refractivity contribution is -0.140. The number of rotatable bonds is 7. The summed E-state index contributed by atoms with van der Waals surface area (Å²) in [7, 11) is 1.69. The minimum Gasteiger partial charge on any atom is -0.490 e. The Morgan fingerprint density at radius 3 is 2.73 bits per heavy atom. The summed E-state index contributed by atoms with van der Waals surface area (Å²) in [6.07, 6.45) is -2.69. The molecule has 1 aromatic heterocycles. The van der Waals surface area contributed by atoms with Crippen LogP contribution in [0.25, 0.3) is 11.4 Å². The molecule has 7 nitrogen and oxygen atoms in total. The molecule has 4 rings (SSSR count). The van der Waals surface area contributed by atoms with E-state index in [2.05, 4.69) is 32.0 Å². The molecule has 194 valence electrons. The van der Waals surface area contributed by atoms with Gasteiger partial charge in [0.05, 0.1) is 18.0 Å². The van der Waals surface area contributed by atoms with E-state index in [0.717, 1.165) is 25.7 Å². The van der Waals surface area contributed by atoms with Crippen molar-refractivity contribution >= 4 is 23.2 Å². The van der Waals surface area contributed by atoms with Gasteiger partial charge in [-0.1, -0.05) is 17.5 Å². The van der Waals surface area contributed by atoms with Gasteiger partial charge in [0, 0.05) is 48.8 Å². The van der Waals surface area contributed by atoms with Gasteiger partial charge >= 0.3 is 12.1 Å². The van der Waals surface area contributed by atoms with Crippen molar-refractivity contribution in [3.8, 4) is 29.0 Å². The Balaban J connectivity index is 1.51. The monoisotopic (exact) mass is 532 g/mol. The first-order chi connectivity index (χ1) is 17.7. The van der Waals surface area contributed by atoms with Crippen molar-refractivity contribution in [1.82, 2.24) is 14.9 Å². The minimum atomic E-state index is -4.56. The van der Waals surface area contributed by atoms with Crippen LogP contribution in [0.15, 0.2) is 48.7 Å². The Bertz CT molecular complexity index is 1300.